The predicted octanol–water partition coefficient (Wildman–Crippen LogP) is 6.71. The van der Waals surface area contributed by atoms with Crippen LogP contribution >= 0.6 is 0 Å². The van der Waals surface area contributed by atoms with Crippen molar-refractivity contribution in [3.63, 3.8) is 0 Å². The Morgan fingerprint density at radius 1 is 1.05 bits per heavy atom. The van der Waals surface area contributed by atoms with E-state index in [1.54, 1.807) is 0 Å². The van der Waals surface area contributed by atoms with Gasteiger partial charge in [0.1, 0.15) is 6.10 Å². The van der Waals surface area contributed by atoms with Gasteiger partial charge in [0.15, 0.2) is 0 Å². The van der Waals surface area contributed by atoms with Gasteiger partial charge in [-0.15, -0.1) is 12.5 Å². The maximum Gasteiger partial charge on any atom is 0.202 e. The van der Waals surface area contributed by atoms with E-state index in [2.05, 4.69) is 66.9 Å². The summed E-state index contributed by atoms with van der Waals surface area (Å²) in [6, 6.07) is 0. The van der Waals surface area contributed by atoms with Gasteiger partial charge < -0.3 is 4.43 Å². The summed E-state index contributed by atoms with van der Waals surface area (Å²) in [6.45, 7) is 20.1. The van der Waals surface area contributed by atoms with Crippen LogP contribution in [0.3, 0.4) is 0 Å². The third-order valence-electron chi connectivity index (χ3n) is 4.60. The molecule has 1 unspecified atom stereocenters. The lowest BCUT2D eigenvalue weighted by molar-refractivity contribution is 0.216. The number of hydrogen-bond donors (Lipinski definition) is 0. The molecule has 0 spiro atoms. The molecule has 0 amide bonds. The third kappa shape index (κ3) is 6.30. The van der Waals surface area contributed by atoms with Gasteiger partial charge in [0.25, 0.3) is 0 Å². The van der Waals surface area contributed by atoms with E-state index in [-0.39, 0.29) is 6.10 Å². The summed E-state index contributed by atoms with van der Waals surface area (Å²) in [5, 5.41) is 0. The molecule has 0 fully saturated rings. The highest BCUT2D eigenvalue weighted by Gasteiger charge is 2.46. The van der Waals surface area contributed by atoms with Gasteiger partial charge in [0.2, 0.25) is 8.32 Å². The fourth-order valence-electron chi connectivity index (χ4n) is 3.54. The van der Waals surface area contributed by atoms with Crippen molar-refractivity contribution in [1.82, 2.24) is 0 Å². The zero-order chi connectivity index (χ0) is 17.2. The summed E-state index contributed by atoms with van der Waals surface area (Å²) >= 11 is 0. The molecule has 1 atom stereocenters. The largest absolute Gasteiger partial charge is 0.402 e. The first-order valence-corrected chi connectivity index (χ1v) is 11.2. The number of rotatable bonds is 10. The summed E-state index contributed by atoms with van der Waals surface area (Å²) in [4.78, 5) is 0. The molecular formula is C20H38OSi. The van der Waals surface area contributed by atoms with E-state index in [9.17, 15) is 0 Å². The van der Waals surface area contributed by atoms with Crippen LogP contribution in [-0.2, 0) is 4.43 Å². The molecule has 1 nitrogen and oxygen atoms in total. The van der Waals surface area contributed by atoms with Crippen molar-refractivity contribution < 1.29 is 4.43 Å². The quantitative estimate of drug-likeness (QED) is 0.188. The van der Waals surface area contributed by atoms with Crippen molar-refractivity contribution in [2.45, 2.75) is 103 Å². The summed E-state index contributed by atoms with van der Waals surface area (Å²) < 4.78 is 6.82. The maximum absolute atomic E-state index is 6.82. The van der Waals surface area contributed by atoms with Crippen molar-refractivity contribution in [2.24, 2.45) is 0 Å². The number of allylic oxidation sites excluding steroid dienone is 1. The summed E-state index contributed by atoms with van der Waals surface area (Å²) in [5.74, 6) is 6.77. The Balaban J connectivity index is 5.24. The highest BCUT2D eigenvalue weighted by Crippen LogP contribution is 2.43. The first-order chi connectivity index (χ1) is 10.3. The minimum Gasteiger partial charge on any atom is -0.402 e. The second kappa shape index (κ2) is 11.1. The minimum absolute atomic E-state index is 0.0775. The highest BCUT2D eigenvalue weighted by atomic mass is 28.4. The Morgan fingerprint density at radius 3 is 2.00 bits per heavy atom. The molecule has 0 rings (SSSR count). The molecule has 0 aromatic rings. The first kappa shape index (κ1) is 21.5. The van der Waals surface area contributed by atoms with Gasteiger partial charge in [0, 0.05) is 6.42 Å². The van der Waals surface area contributed by atoms with E-state index < -0.39 is 8.32 Å². The molecule has 0 saturated carbocycles. The van der Waals surface area contributed by atoms with E-state index in [0.717, 1.165) is 19.3 Å². The van der Waals surface area contributed by atoms with E-state index in [0.29, 0.717) is 16.6 Å². The molecule has 0 aliphatic carbocycles. The average molecular weight is 323 g/mol. The molecule has 0 heterocycles. The SMILES string of the molecule is C=CCCC(C#CCCCC)O[Si](C(C)C)(C(C)C)C(C)C. The first-order valence-electron chi connectivity index (χ1n) is 9.09. The molecule has 0 saturated heterocycles. The fourth-order valence-corrected chi connectivity index (χ4v) is 9.02. The Kier molecular flexibility index (Phi) is 10.8. The number of unbranched alkanes of at least 4 members (excludes halogenated alkanes) is 2. The van der Waals surface area contributed by atoms with Crippen LogP contribution in [0.1, 0.15) is 80.6 Å². The molecule has 0 aromatic carbocycles. The lowest BCUT2D eigenvalue weighted by Crippen LogP contribution is -2.50. The van der Waals surface area contributed by atoms with E-state index in [1.165, 1.54) is 12.8 Å². The van der Waals surface area contributed by atoms with Crippen molar-refractivity contribution in [3.05, 3.63) is 12.7 Å². The molecule has 0 aliphatic heterocycles. The molecule has 0 aromatic heterocycles. The van der Waals surface area contributed by atoms with Crippen molar-refractivity contribution >= 4 is 8.32 Å². The van der Waals surface area contributed by atoms with Crippen LogP contribution in [0.2, 0.25) is 16.6 Å². The lowest BCUT2D eigenvalue weighted by Gasteiger charge is -2.43. The second-order valence-corrected chi connectivity index (χ2v) is 12.6. The molecular weight excluding hydrogens is 284 g/mol. The van der Waals surface area contributed by atoms with Crippen molar-refractivity contribution in [1.29, 1.82) is 0 Å². The Bertz CT molecular complexity index is 338. The van der Waals surface area contributed by atoms with E-state index >= 15 is 0 Å². The summed E-state index contributed by atoms with van der Waals surface area (Å²) in [5.41, 5.74) is 1.82. The topological polar surface area (TPSA) is 9.23 Å². The Hall–Kier alpha value is -0.523. The van der Waals surface area contributed by atoms with Crippen molar-refractivity contribution in [3.8, 4) is 11.8 Å². The van der Waals surface area contributed by atoms with Crippen LogP contribution in [0.25, 0.3) is 0 Å². The molecule has 22 heavy (non-hydrogen) atoms. The normalized spacial score (nSPS) is 13.4. The van der Waals surface area contributed by atoms with Crippen LogP contribution in [0.15, 0.2) is 12.7 Å². The van der Waals surface area contributed by atoms with Gasteiger partial charge in [-0.1, -0.05) is 66.9 Å². The third-order valence-corrected chi connectivity index (χ3v) is 10.7. The van der Waals surface area contributed by atoms with Crippen LogP contribution in [0.5, 0.6) is 0 Å². The van der Waals surface area contributed by atoms with Gasteiger partial charge in [0.05, 0.1) is 0 Å². The highest BCUT2D eigenvalue weighted by molar-refractivity contribution is 6.77. The van der Waals surface area contributed by atoms with Crippen LogP contribution in [0.4, 0.5) is 0 Å². The molecule has 2 heteroatoms. The van der Waals surface area contributed by atoms with Gasteiger partial charge in [-0.25, -0.2) is 0 Å². The molecule has 128 valence electrons. The zero-order valence-electron chi connectivity index (χ0n) is 16.0. The monoisotopic (exact) mass is 322 g/mol. The summed E-state index contributed by atoms with van der Waals surface area (Å²) in [6.07, 6.45) is 7.39. The van der Waals surface area contributed by atoms with Gasteiger partial charge in [-0.2, -0.15) is 0 Å². The van der Waals surface area contributed by atoms with Crippen LogP contribution in [0, 0.1) is 11.8 Å². The minimum atomic E-state index is -1.85. The molecule has 0 aliphatic rings. The van der Waals surface area contributed by atoms with Crippen LogP contribution < -0.4 is 0 Å². The van der Waals surface area contributed by atoms with E-state index in [4.69, 9.17) is 4.43 Å². The van der Waals surface area contributed by atoms with Gasteiger partial charge in [-0.3, -0.25) is 0 Å². The smallest absolute Gasteiger partial charge is 0.202 e. The van der Waals surface area contributed by atoms with Gasteiger partial charge in [-0.05, 0) is 35.9 Å². The van der Waals surface area contributed by atoms with E-state index in [1.807, 2.05) is 6.08 Å². The van der Waals surface area contributed by atoms with Crippen molar-refractivity contribution in [2.75, 3.05) is 0 Å². The zero-order valence-corrected chi connectivity index (χ0v) is 17.0. The predicted molar refractivity (Wildman–Crippen MR) is 103 cm³/mol. The standard InChI is InChI=1S/C20H38OSi/c1-9-11-13-14-16-20(15-12-10-2)21-22(17(3)4,18(5)6)19(7)8/h10,17-20H,2,9,11-13,15H2,1,3-8H3. The van der Waals surface area contributed by atoms with Gasteiger partial charge >= 0.3 is 0 Å². The Labute approximate surface area is 141 Å². The second-order valence-electron chi connectivity index (χ2n) is 7.21. The lowest BCUT2D eigenvalue weighted by atomic mass is 10.2. The van der Waals surface area contributed by atoms with Crippen LogP contribution in [-0.4, -0.2) is 14.4 Å². The maximum atomic E-state index is 6.82. The average Bonchev–Trinajstić information content (AvgIpc) is 2.44. The molecule has 0 radical (unpaired) electrons. The molecule has 0 bridgehead atoms. The Morgan fingerprint density at radius 2 is 1.59 bits per heavy atom. The fraction of sp³-hybridized carbons (Fsp3) is 0.800. The number of hydrogen-bond acceptors (Lipinski definition) is 1. The molecule has 0 N–H and O–H groups in total. The summed E-state index contributed by atoms with van der Waals surface area (Å²) in [7, 11) is -1.85.